The zero-order chi connectivity index (χ0) is 18.8. The van der Waals surface area contributed by atoms with Crippen LogP contribution >= 0.6 is 0 Å². The Hall–Kier alpha value is -3.81. The summed E-state index contributed by atoms with van der Waals surface area (Å²) in [4.78, 5) is 19.1. The van der Waals surface area contributed by atoms with Crippen LogP contribution in [0.15, 0.2) is 67.4 Å². The topological polar surface area (TPSA) is 98.8 Å². The molecule has 2 heterocycles. The van der Waals surface area contributed by atoms with Gasteiger partial charge in [0.1, 0.15) is 18.2 Å². The van der Waals surface area contributed by atoms with Gasteiger partial charge in [0.2, 0.25) is 0 Å². The predicted octanol–water partition coefficient (Wildman–Crippen LogP) is 3.90. The lowest BCUT2D eigenvalue weighted by Gasteiger charge is -2.17. The molecule has 0 fully saturated rings. The number of aromatic nitrogens is 4. The fourth-order valence-electron chi connectivity index (χ4n) is 3.01. The Labute approximate surface area is 154 Å². The van der Waals surface area contributed by atoms with Gasteiger partial charge in [0.25, 0.3) is 5.69 Å². The summed E-state index contributed by atoms with van der Waals surface area (Å²) in [6.07, 6.45) is 4.77. The highest BCUT2D eigenvalue weighted by Gasteiger charge is 2.16. The maximum Gasteiger partial charge on any atom is 0.278 e. The molecule has 0 saturated carbocycles. The van der Waals surface area contributed by atoms with Gasteiger partial charge in [-0.2, -0.15) is 5.10 Å². The largest absolute Gasteiger partial charge is 0.377 e. The third-order valence-corrected chi connectivity index (χ3v) is 4.39. The van der Waals surface area contributed by atoms with Gasteiger partial charge in [0.15, 0.2) is 0 Å². The van der Waals surface area contributed by atoms with Gasteiger partial charge in [0.05, 0.1) is 21.7 Å². The monoisotopic (exact) mass is 360 g/mol. The van der Waals surface area contributed by atoms with Crippen molar-refractivity contribution in [3.05, 3.63) is 83.1 Å². The zero-order valence-corrected chi connectivity index (χ0v) is 14.5. The molecule has 0 spiro atoms. The van der Waals surface area contributed by atoms with Crippen LogP contribution in [0.5, 0.6) is 0 Å². The first kappa shape index (κ1) is 16.6. The number of pyridine rings is 1. The summed E-state index contributed by atoms with van der Waals surface area (Å²) >= 11 is 0. The number of nitro benzene ring substituents is 1. The van der Waals surface area contributed by atoms with Crippen LogP contribution in [-0.2, 0) is 0 Å². The van der Waals surface area contributed by atoms with Crippen molar-refractivity contribution < 1.29 is 4.92 Å². The van der Waals surface area contributed by atoms with Gasteiger partial charge in [-0.1, -0.05) is 12.1 Å². The molecular weight excluding hydrogens is 344 g/mol. The minimum atomic E-state index is -0.389. The minimum absolute atomic E-state index is 0.0125. The van der Waals surface area contributed by atoms with Crippen molar-refractivity contribution in [1.29, 1.82) is 0 Å². The fourth-order valence-corrected chi connectivity index (χ4v) is 3.01. The number of anilines is 1. The average Bonchev–Trinajstić information content (AvgIpc) is 3.23. The summed E-state index contributed by atoms with van der Waals surface area (Å²) < 4.78 is 1.69. The van der Waals surface area contributed by atoms with Gasteiger partial charge in [-0.15, -0.1) is 0 Å². The van der Waals surface area contributed by atoms with Crippen molar-refractivity contribution in [3.8, 4) is 5.69 Å². The van der Waals surface area contributed by atoms with E-state index in [0.29, 0.717) is 10.9 Å². The molecule has 0 saturated heterocycles. The maximum absolute atomic E-state index is 11.2. The smallest absolute Gasteiger partial charge is 0.278 e. The molecule has 4 aromatic rings. The van der Waals surface area contributed by atoms with Crippen molar-refractivity contribution in [2.45, 2.75) is 13.0 Å². The number of nitrogens with zero attached hydrogens (tertiary/aromatic N) is 5. The third-order valence-electron chi connectivity index (χ3n) is 4.39. The van der Waals surface area contributed by atoms with Crippen molar-refractivity contribution >= 4 is 22.3 Å². The molecule has 0 amide bonds. The SMILES string of the molecule is CC(Nc1ccc([N+](=O)[O-])c2cccnc12)c1ccc(-n2cncn2)cc1. The van der Waals surface area contributed by atoms with E-state index >= 15 is 0 Å². The molecule has 27 heavy (non-hydrogen) atoms. The number of nitrogens with one attached hydrogen (secondary N) is 1. The second-order valence-corrected chi connectivity index (χ2v) is 6.09. The lowest BCUT2D eigenvalue weighted by atomic mass is 10.1. The molecule has 2 aromatic carbocycles. The van der Waals surface area contributed by atoms with E-state index in [2.05, 4.69) is 20.4 Å². The Morgan fingerprint density at radius 1 is 1.15 bits per heavy atom. The van der Waals surface area contributed by atoms with Crippen molar-refractivity contribution in [3.63, 3.8) is 0 Å². The van der Waals surface area contributed by atoms with E-state index in [4.69, 9.17) is 0 Å². The summed E-state index contributed by atoms with van der Waals surface area (Å²) in [5.74, 6) is 0. The molecule has 1 N–H and O–H groups in total. The van der Waals surface area contributed by atoms with Gasteiger partial charge in [-0.25, -0.2) is 9.67 Å². The summed E-state index contributed by atoms with van der Waals surface area (Å²) in [5.41, 5.74) is 3.38. The van der Waals surface area contributed by atoms with Crippen molar-refractivity contribution in [2.24, 2.45) is 0 Å². The van der Waals surface area contributed by atoms with Crippen LogP contribution < -0.4 is 5.32 Å². The molecule has 8 heteroatoms. The quantitative estimate of drug-likeness (QED) is 0.428. The van der Waals surface area contributed by atoms with Crippen molar-refractivity contribution in [1.82, 2.24) is 19.7 Å². The molecule has 0 aliphatic carbocycles. The predicted molar refractivity (Wildman–Crippen MR) is 102 cm³/mol. The number of nitro groups is 1. The number of rotatable bonds is 5. The Morgan fingerprint density at radius 3 is 2.67 bits per heavy atom. The van der Waals surface area contributed by atoms with Gasteiger partial charge in [-0.3, -0.25) is 15.1 Å². The van der Waals surface area contributed by atoms with E-state index in [1.807, 2.05) is 31.2 Å². The Bertz CT molecular complexity index is 1090. The number of fused-ring (bicyclic) bond motifs is 1. The van der Waals surface area contributed by atoms with Crippen LogP contribution in [0.4, 0.5) is 11.4 Å². The summed E-state index contributed by atoms with van der Waals surface area (Å²) in [6.45, 7) is 2.03. The standard InChI is InChI=1S/C19H16N6O2/c1-13(14-4-6-15(7-5-14)24-12-20-11-22-24)23-17-8-9-18(25(26)27)16-3-2-10-21-19(16)17/h2-13,23H,1H3. The van der Waals surface area contributed by atoms with Crippen LogP contribution in [0.2, 0.25) is 0 Å². The van der Waals surface area contributed by atoms with Gasteiger partial charge < -0.3 is 5.32 Å². The average molecular weight is 360 g/mol. The number of hydrogen-bond donors (Lipinski definition) is 1. The molecule has 4 rings (SSSR count). The first-order valence-electron chi connectivity index (χ1n) is 8.37. The second-order valence-electron chi connectivity index (χ2n) is 6.09. The Morgan fingerprint density at radius 2 is 1.96 bits per heavy atom. The summed E-state index contributed by atoms with van der Waals surface area (Å²) in [5, 5.41) is 19.3. The summed E-state index contributed by atoms with van der Waals surface area (Å²) in [6, 6.07) is 14.6. The van der Waals surface area contributed by atoms with Crippen LogP contribution in [0, 0.1) is 10.1 Å². The van der Waals surface area contributed by atoms with Gasteiger partial charge >= 0.3 is 0 Å². The van der Waals surface area contributed by atoms with E-state index < -0.39 is 0 Å². The molecule has 0 aliphatic heterocycles. The normalized spacial score (nSPS) is 12.0. The van der Waals surface area contributed by atoms with Crippen molar-refractivity contribution in [2.75, 3.05) is 5.32 Å². The fraction of sp³-hybridized carbons (Fsp3) is 0.105. The third kappa shape index (κ3) is 3.20. The van der Waals surface area contributed by atoms with E-state index in [1.54, 1.807) is 35.4 Å². The molecule has 2 aromatic heterocycles. The Balaban J connectivity index is 1.62. The minimum Gasteiger partial charge on any atom is -0.377 e. The lowest BCUT2D eigenvalue weighted by molar-refractivity contribution is -0.383. The highest BCUT2D eigenvalue weighted by atomic mass is 16.6. The molecular formula is C19H16N6O2. The van der Waals surface area contributed by atoms with Crippen LogP contribution in [0.3, 0.4) is 0 Å². The zero-order valence-electron chi connectivity index (χ0n) is 14.5. The molecule has 134 valence electrons. The van der Waals surface area contributed by atoms with E-state index in [1.165, 1.54) is 12.4 Å². The highest BCUT2D eigenvalue weighted by molar-refractivity contribution is 5.96. The van der Waals surface area contributed by atoms with Crippen LogP contribution in [0.1, 0.15) is 18.5 Å². The first-order chi connectivity index (χ1) is 13.1. The van der Waals surface area contributed by atoms with Crippen LogP contribution in [0.25, 0.3) is 16.6 Å². The van der Waals surface area contributed by atoms with Crippen LogP contribution in [-0.4, -0.2) is 24.7 Å². The van der Waals surface area contributed by atoms with E-state index in [0.717, 1.165) is 16.9 Å². The number of hydrogen-bond acceptors (Lipinski definition) is 6. The van der Waals surface area contributed by atoms with Gasteiger partial charge in [-0.05, 0) is 42.8 Å². The maximum atomic E-state index is 11.2. The lowest BCUT2D eigenvalue weighted by Crippen LogP contribution is -2.08. The first-order valence-corrected chi connectivity index (χ1v) is 8.37. The van der Waals surface area contributed by atoms with E-state index in [-0.39, 0.29) is 16.7 Å². The van der Waals surface area contributed by atoms with Gasteiger partial charge in [0, 0.05) is 18.3 Å². The molecule has 1 unspecified atom stereocenters. The highest BCUT2D eigenvalue weighted by Crippen LogP contribution is 2.31. The number of non-ortho nitro benzene ring substituents is 1. The molecule has 0 aliphatic rings. The second kappa shape index (κ2) is 6.83. The van der Waals surface area contributed by atoms with E-state index in [9.17, 15) is 10.1 Å². The summed E-state index contributed by atoms with van der Waals surface area (Å²) in [7, 11) is 0. The molecule has 8 nitrogen and oxygen atoms in total. The molecule has 0 radical (unpaired) electrons. The number of benzene rings is 2. The molecule has 1 atom stereocenters. The molecule has 0 bridgehead atoms. The Kier molecular flexibility index (Phi) is 4.21.